The van der Waals surface area contributed by atoms with Crippen LogP contribution in [0.4, 0.5) is 0 Å². The maximum Gasteiger partial charge on any atom is 0.192 e. The van der Waals surface area contributed by atoms with Crippen molar-refractivity contribution in [3.63, 3.8) is 0 Å². The third-order valence-electron chi connectivity index (χ3n) is 5.66. The van der Waals surface area contributed by atoms with E-state index in [4.69, 9.17) is 4.99 Å². The van der Waals surface area contributed by atoms with Crippen molar-refractivity contribution in [3.05, 3.63) is 24.3 Å². The summed E-state index contributed by atoms with van der Waals surface area (Å²) < 4.78 is 1.98. The first-order valence-electron chi connectivity index (χ1n) is 9.31. The zero-order chi connectivity index (χ0) is 17.8. The maximum atomic E-state index is 4.72. The van der Waals surface area contributed by atoms with E-state index in [1.807, 2.05) is 24.6 Å². The summed E-state index contributed by atoms with van der Waals surface area (Å²) in [6, 6.07) is 1.88. The molecular weight excluding hydrogens is 314 g/mol. The number of fused-ring (bicyclic) bond motifs is 2. The molecule has 1 aromatic heterocycles. The van der Waals surface area contributed by atoms with E-state index < -0.39 is 0 Å². The second-order valence-corrected chi connectivity index (χ2v) is 7.27. The summed E-state index contributed by atoms with van der Waals surface area (Å²) in [5.41, 5.74) is 0. The third-order valence-corrected chi connectivity index (χ3v) is 5.66. The summed E-state index contributed by atoms with van der Waals surface area (Å²) in [5, 5.41) is 15.3. The second kappa shape index (κ2) is 7.99. The van der Waals surface area contributed by atoms with E-state index in [0.717, 1.165) is 17.6 Å². The van der Waals surface area contributed by atoms with Gasteiger partial charge in [-0.05, 0) is 39.7 Å². The van der Waals surface area contributed by atoms with Crippen molar-refractivity contribution in [2.24, 2.45) is 12.0 Å². The highest BCUT2D eigenvalue weighted by Crippen LogP contribution is 2.32. The highest BCUT2D eigenvalue weighted by atomic mass is 15.3. The fraction of sp³-hybridized carbons (Fsp3) is 0.722. The molecule has 3 heterocycles. The van der Waals surface area contributed by atoms with Gasteiger partial charge in [0.2, 0.25) is 0 Å². The van der Waals surface area contributed by atoms with Gasteiger partial charge in [-0.1, -0.05) is 12.5 Å². The van der Waals surface area contributed by atoms with Crippen molar-refractivity contribution in [3.8, 4) is 0 Å². The summed E-state index contributed by atoms with van der Waals surface area (Å²) in [5.74, 6) is 2.62. The van der Waals surface area contributed by atoms with Crippen LogP contribution in [0.2, 0.25) is 0 Å². The number of hydrogen-bond donors (Lipinski definition) is 2. The molecule has 0 radical (unpaired) electrons. The molecule has 0 aromatic carbocycles. The van der Waals surface area contributed by atoms with Gasteiger partial charge < -0.3 is 20.1 Å². The van der Waals surface area contributed by atoms with Gasteiger partial charge in [0.15, 0.2) is 11.8 Å². The molecule has 0 saturated carbocycles. The van der Waals surface area contributed by atoms with Gasteiger partial charge in [-0.3, -0.25) is 0 Å². The third kappa shape index (κ3) is 4.21. The van der Waals surface area contributed by atoms with E-state index in [2.05, 4.69) is 39.4 Å². The molecule has 0 spiro atoms. The SMILES string of the molecule is C=CCNC(=NCc1nnc(C)n1C)NC1CC2CCCC(C1)N2C. The topological polar surface area (TPSA) is 70.4 Å². The summed E-state index contributed by atoms with van der Waals surface area (Å²) >= 11 is 0. The van der Waals surface area contributed by atoms with Crippen molar-refractivity contribution in [2.45, 2.75) is 63.7 Å². The molecule has 0 aliphatic carbocycles. The van der Waals surface area contributed by atoms with Gasteiger partial charge in [-0.25, -0.2) is 4.99 Å². The van der Waals surface area contributed by atoms with Gasteiger partial charge in [0.05, 0.1) is 0 Å². The summed E-state index contributed by atoms with van der Waals surface area (Å²) in [6.07, 6.45) is 8.22. The second-order valence-electron chi connectivity index (χ2n) is 7.27. The van der Waals surface area contributed by atoms with E-state index in [9.17, 15) is 0 Å². The molecule has 2 N–H and O–H groups in total. The molecule has 2 aliphatic rings. The maximum absolute atomic E-state index is 4.72. The number of nitrogens with one attached hydrogen (secondary N) is 2. The van der Waals surface area contributed by atoms with Crippen LogP contribution in [0, 0.1) is 6.92 Å². The van der Waals surface area contributed by atoms with Gasteiger partial charge in [-0.15, -0.1) is 16.8 Å². The Balaban J connectivity index is 1.65. The Kier molecular flexibility index (Phi) is 5.73. The lowest BCUT2D eigenvalue weighted by Crippen LogP contribution is -2.56. The molecule has 2 fully saturated rings. The van der Waals surface area contributed by atoms with Crippen molar-refractivity contribution < 1.29 is 0 Å². The quantitative estimate of drug-likeness (QED) is 0.479. The molecule has 1 aromatic rings. The molecule has 2 atom stereocenters. The fourth-order valence-electron chi connectivity index (χ4n) is 3.99. The van der Waals surface area contributed by atoms with Crippen molar-refractivity contribution in [1.29, 1.82) is 0 Å². The molecule has 2 bridgehead atoms. The molecule has 2 saturated heterocycles. The van der Waals surface area contributed by atoms with Crippen LogP contribution in [0.5, 0.6) is 0 Å². The van der Waals surface area contributed by atoms with Crippen LogP contribution in [0.3, 0.4) is 0 Å². The van der Waals surface area contributed by atoms with E-state index in [-0.39, 0.29) is 0 Å². The van der Waals surface area contributed by atoms with Crippen molar-refractivity contribution >= 4 is 5.96 Å². The van der Waals surface area contributed by atoms with Crippen LogP contribution < -0.4 is 10.6 Å². The minimum atomic E-state index is 0.476. The monoisotopic (exact) mass is 345 g/mol. The predicted molar refractivity (Wildman–Crippen MR) is 100 cm³/mol. The Labute approximate surface area is 150 Å². The van der Waals surface area contributed by atoms with Crippen LogP contribution >= 0.6 is 0 Å². The van der Waals surface area contributed by atoms with E-state index in [1.54, 1.807) is 0 Å². The molecule has 25 heavy (non-hydrogen) atoms. The number of aromatic nitrogens is 3. The van der Waals surface area contributed by atoms with E-state index >= 15 is 0 Å². The first-order valence-corrected chi connectivity index (χ1v) is 9.31. The fourth-order valence-corrected chi connectivity index (χ4v) is 3.99. The van der Waals surface area contributed by atoms with Crippen LogP contribution in [0.15, 0.2) is 17.6 Å². The summed E-state index contributed by atoms with van der Waals surface area (Å²) in [7, 11) is 4.26. The Morgan fingerprint density at radius 3 is 2.60 bits per heavy atom. The van der Waals surface area contributed by atoms with Crippen molar-refractivity contribution in [2.75, 3.05) is 13.6 Å². The Morgan fingerprint density at radius 2 is 2.00 bits per heavy atom. The predicted octanol–water partition coefficient (Wildman–Crippen LogP) is 1.36. The van der Waals surface area contributed by atoms with Gasteiger partial charge >= 0.3 is 0 Å². The van der Waals surface area contributed by atoms with Crippen LogP contribution in [-0.4, -0.2) is 57.3 Å². The van der Waals surface area contributed by atoms with Crippen LogP contribution in [0.1, 0.15) is 43.8 Å². The number of hydrogen-bond acceptors (Lipinski definition) is 4. The molecule has 3 rings (SSSR count). The van der Waals surface area contributed by atoms with Gasteiger partial charge in [0.25, 0.3) is 0 Å². The summed E-state index contributed by atoms with van der Waals surface area (Å²) in [6.45, 7) is 6.96. The highest BCUT2D eigenvalue weighted by molar-refractivity contribution is 5.80. The van der Waals surface area contributed by atoms with Gasteiger partial charge in [0, 0.05) is 31.7 Å². The van der Waals surface area contributed by atoms with Gasteiger partial charge in [0.1, 0.15) is 12.4 Å². The number of nitrogens with zero attached hydrogens (tertiary/aromatic N) is 5. The first-order chi connectivity index (χ1) is 12.1. The van der Waals surface area contributed by atoms with E-state index in [0.29, 0.717) is 31.2 Å². The zero-order valence-corrected chi connectivity index (χ0v) is 15.7. The molecule has 138 valence electrons. The average molecular weight is 345 g/mol. The average Bonchev–Trinajstić information content (AvgIpc) is 2.90. The lowest BCUT2D eigenvalue weighted by Gasteiger charge is -2.47. The Bertz CT molecular complexity index is 607. The number of rotatable bonds is 5. The lowest BCUT2D eigenvalue weighted by molar-refractivity contribution is 0.0526. The minimum absolute atomic E-state index is 0.476. The molecule has 7 nitrogen and oxygen atoms in total. The van der Waals surface area contributed by atoms with Gasteiger partial charge in [-0.2, -0.15) is 0 Å². The number of guanidine groups is 1. The highest BCUT2D eigenvalue weighted by Gasteiger charge is 2.36. The van der Waals surface area contributed by atoms with Crippen LogP contribution in [-0.2, 0) is 13.6 Å². The Hall–Kier alpha value is -1.89. The number of aliphatic imine (C=N–C) groups is 1. The first kappa shape index (κ1) is 17.9. The molecule has 2 aliphatic heterocycles. The minimum Gasteiger partial charge on any atom is -0.354 e. The van der Waals surface area contributed by atoms with Crippen molar-refractivity contribution in [1.82, 2.24) is 30.3 Å². The standard InChI is InChI=1S/C18H31N7/c1-5-9-19-18(20-12-17-23-22-13(2)24(17)3)21-14-10-15-7-6-8-16(11-14)25(15)4/h5,14-16H,1,6-12H2,2-4H3,(H2,19,20,21). The molecule has 0 amide bonds. The number of piperidine rings is 2. The Morgan fingerprint density at radius 1 is 1.28 bits per heavy atom. The molecule has 2 unspecified atom stereocenters. The largest absolute Gasteiger partial charge is 0.354 e. The lowest BCUT2D eigenvalue weighted by atomic mass is 9.82. The molecule has 7 heteroatoms. The van der Waals surface area contributed by atoms with E-state index in [1.165, 1.54) is 32.1 Å². The molecular formula is C18H31N7. The number of aryl methyl sites for hydroxylation is 1. The normalized spacial score (nSPS) is 27.2. The summed E-state index contributed by atoms with van der Waals surface area (Å²) in [4.78, 5) is 7.30. The van der Waals surface area contributed by atoms with Crippen LogP contribution in [0.25, 0.3) is 0 Å². The zero-order valence-electron chi connectivity index (χ0n) is 15.7. The smallest absolute Gasteiger partial charge is 0.192 e.